The average molecular weight is 323 g/mol. The molecule has 0 radical (unpaired) electrons. The Morgan fingerprint density at radius 3 is 2.83 bits per heavy atom. The molecular weight excluding hydrogens is 302 g/mol. The van der Waals surface area contributed by atoms with Crippen molar-refractivity contribution in [1.29, 1.82) is 5.41 Å². The molecule has 0 amide bonds. The first-order valence-electron chi connectivity index (χ1n) is 8.54. The first-order chi connectivity index (χ1) is 11.7. The number of carbonyl (C=O) groups is 1. The number of anilines is 1. The third-order valence-electron chi connectivity index (χ3n) is 4.97. The van der Waals surface area contributed by atoms with Gasteiger partial charge in [-0.05, 0) is 36.5 Å². The van der Waals surface area contributed by atoms with Crippen LogP contribution in [0.25, 0.3) is 11.0 Å². The lowest BCUT2D eigenvalue weighted by Crippen LogP contribution is -2.43. The van der Waals surface area contributed by atoms with Crippen LogP contribution in [0.5, 0.6) is 0 Å². The van der Waals surface area contributed by atoms with Crippen molar-refractivity contribution in [1.82, 2.24) is 15.3 Å². The molecule has 124 valence electrons. The van der Waals surface area contributed by atoms with Crippen molar-refractivity contribution >= 4 is 28.3 Å². The zero-order valence-corrected chi connectivity index (χ0v) is 13.6. The van der Waals surface area contributed by atoms with Crippen molar-refractivity contribution in [3.8, 4) is 0 Å². The number of hydrogen-bond donors (Lipinski definition) is 2. The molecule has 2 aromatic rings. The molecule has 1 atom stereocenters. The van der Waals surface area contributed by atoms with E-state index in [0.717, 1.165) is 55.0 Å². The van der Waals surface area contributed by atoms with Crippen molar-refractivity contribution in [2.45, 2.75) is 25.2 Å². The minimum atomic E-state index is -0.00664. The predicted molar refractivity (Wildman–Crippen MR) is 93.9 cm³/mol. The van der Waals surface area contributed by atoms with Crippen LogP contribution in [0, 0.1) is 5.41 Å². The Bertz CT molecular complexity index is 797. The van der Waals surface area contributed by atoms with Gasteiger partial charge in [0.05, 0.1) is 22.9 Å². The molecule has 4 rings (SSSR count). The lowest BCUT2D eigenvalue weighted by molar-refractivity contribution is -0.113. The number of benzene rings is 1. The van der Waals surface area contributed by atoms with Gasteiger partial charge < -0.3 is 15.6 Å². The minimum Gasteiger partial charge on any atom is -0.353 e. The fourth-order valence-electron chi connectivity index (χ4n) is 3.52. The summed E-state index contributed by atoms with van der Waals surface area (Å²) in [7, 11) is 0. The number of ketones is 1. The quantitative estimate of drug-likeness (QED) is 0.882. The molecule has 6 heteroatoms. The number of piperazine rings is 1. The van der Waals surface area contributed by atoms with Crippen molar-refractivity contribution in [3.63, 3.8) is 0 Å². The van der Waals surface area contributed by atoms with E-state index in [1.807, 2.05) is 12.3 Å². The second-order valence-corrected chi connectivity index (χ2v) is 6.55. The van der Waals surface area contributed by atoms with Gasteiger partial charge >= 0.3 is 0 Å². The van der Waals surface area contributed by atoms with E-state index in [1.54, 1.807) is 0 Å². The third kappa shape index (κ3) is 2.89. The Balaban J connectivity index is 1.63. The molecule has 6 nitrogen and oxygen atoms in total. The summed E-state index contributed by atoms with van der Waals surface area (Å²) in [6.07, 6.45) is 3.68. The Hall–Kier alpha value is -2.34. The molecule has 0 spiro atoms. The number of aromatic nitrogens is 2. The topological polar surface area (TPSA) is 82.0 Å². The summed E-state index contributed by atoms with van der Waals surface area (Å²) in [6.45, 7) is 3.83. The molecule has 24 heavy (non-hydrogen) atoms. The Morgan fingerprint density at radius 2 is 2.04 bits per heavy atom. The molecule has 1 unspecified atom stereocenters. The summed E-state index contributed by atoms with van der Waals surface area (Å²) in [5.74, 6) is 1.16. The van der Waals surface area contributed by atoms with Crippen LogP contribution < -0.4 is 10.2 Å². The van der Waals surface area contributed by atoms with Crippen molar-refractivity contribution in [2.75, 3.05) is 31.1 Å². The van der Waals surface area contributed by atoms with Gasteiger partial charge in [-0.3, -0.25) is 9.78 Å². The van der Waals surface area contributed by atoms with Gasteiger partial charge in [-0.15, -0.1) is 0 Å². The summed E-state index contributed by atoms with van der Waals surface area (Å²) in [6, 6.07) is 6.15. The highest BCUT2D eigenvalue weighted by Gasteiger charge is 2.25. The molecule has 1 aliphatic heterocycles. The highest BCUT2D eigenvalue weighted by atomic mass is 16.1. The van der Waals surface area contributed by atoms with Gasteiger partial charge in [-0.2, -0.15) is 0 Å². The highest BCUT2D eigenvalue weighted by Crippen LogP contribution is 2.31. The SMILES string of the molecule is N=C1CC(c2ccc3ncc(N4CCNCC4)nc3c2)CCC1=O. The second kappa shape index (κ2) is 6.28. The fourth-order valence-corrected chi connectivity index (χ4v) is 3.52. The number of hydrogen-bond acceptors (Lipinski definition) is 6. The minimum absolute atomic E-state index is 0.00664. The van der Waals surface area contributed by atoms with Gasteiger partial charge in [0.25, 0.3) is 0 Å². The summed E-state index contributed by atoms with van der Waals surface area (Å²) in [4.78, 5) is 23.2. The molecule has 2 aliphatic rings. The van der Waals surface area contributed by atoms with Gasteiger partial charge in [0.2, 0.25) is 0 Å². The summed E-state index contributed by atoms with van der Waals surface area (Å²) in [5.41, 5.74) is 3.20. The zero-order valence-electron chi connectivity index (χ0n) is 13.6. The Labute approximate surface area is 140 Å². The Kier molecular flexibility index (Phi) is 3.98. The number of nitrogens with zero attached hydrogens (tertiary/aromatic N) is 3. The molecule has 2 fully saturated rings. The van der Waals surface area contributed by atoms with Crippen molar-refractivity contribution in [3.05, 3.63) is 30.0 Å². The molecule has 0 bridgehead atoms. The fraction of sp³-hybridized carbons (Fsp3) is 0.444. The Morgan fingerprint density at radius 1 is 1.21 bits per heavy atom. The van der Waals surface area contributed by atoms with Gasteiger partial charge in [0.1, 0.15) is 5.82 Å². The molecule has 1 saturated heterocycles. The van der Waals surface area contributed by atoms with E-state index in [1.165, 1.54) is 0 Å². The second-order valence-electron chi connectivity index (χ2n) is 6.55. The first-order valence-corrected chi connectivity index (χ1v) is 8.54. The van der Waals surface area contributed by atoms with Gasteiger partial charge in [0.15, 0.2) is 5.78 Å². The van der Waals surface area contributed by atoms with Crippen LogP contribution in [-0.2, 0) is 4.79 Å². The first kappa shape index (κ1) is 15.2. The van der Waals surface area contributed by atoms with E-state index in [2.05, 4.69) is 27.3 Å². The normalized spacial score (nSPS) is 22.2. The van der Waals surface area contributed by atoms with Crippen LogP contribution >= 0.6 is 0 Å². The molecule has 2 N–H and O–H groups in total. The van der Waals surface area contributed by atoms with Crippen LogP contribution in [0.4, 0.5) is 5.82 Å². The number of nitrogens with one attached hydrogen (secondary N) is 2. The van der Waals surface area contributed by atoms with E-state index >= 15 is 0 Å². The molecule has 1 aliphatic carbocycles. The lowest BCUT2D eigenvalue weighted by atomic mass is 9.82. The van der Waals surface area contributed by atoms with Crippen LogP contribution in [-0.4, -0.2) is 47.6 Å². The van der Waals surface area contributed by atoms with E-state index in [9.17, 15) is 4.79 Å². The van der Waals surface area contributed by atoms with E-state index in [0.29, 0.717) is 12.8 Å². The lowest BCUT2D eigenvalue weighted by Gasteiger charge is -2.28. The van der Waals surface area contributed by atoms with Gasteiger partial charge in [0, 0.05) is 32.6 Å². The van der Waals surface area contributed by atoms with Crippen LogP contribution in [0.3, 0.4) is 0 Å². The molecule has 1 aromatic heterocycles. The zero-order chi connectivity index (χ0) is 16.5. The number of Topliss-reactive ketones (excluding diaryl/α,β-unsaturated/α-hetero) is 1. The number of rotatable bonds is 2. The average Bonchev–Trinajstić information content (AvgIpc) is 2.64. The summed E-state index contributed by atoms with van der Waals surface area (Å²) >= 11 is 0. The standard InChI is InChI=1S/C18H21N5O/c19-14-9-12(2-4-17(14)24)13-1-3-15-16(10-13)22-18(11-21-15)23-7-5-20-6-8-23/h1,3,10-12,19-20H,2,4-9H2. The maximum absolute atomic E-state index is 11.5. The smallest absolute Gasteiger partial charge is 0.176 e. The monoisotopic (exact) mass is 323 g/mol. The number of fused-ring (bicyclic) bond motifs is 1. The largest absolute Gasteiger partial charge is 0.353 e. The van der Waals surface area contributed by atoms with Gasteiger partial charge in [-0.25, -0.2) is 4.98 Å². The van der Waals surface area contributed by atoms with Crippen LogP contribution in [0.1, 0.15) is 30.7 Å². The van der Waals surface area contributed by atoms with Crippen LogP contribution in [0.2, 0.25) is 0 Å². The summed E-state index contributed by atoms with van der Waals surface area (Å²) < 4.78 is 0. The van der Waals surface area contributed by atoms with Crippen molar-refractivity contribution in [2.24, 2.45) is 0 Å². The molecule has 2 heterocycles. The van der Waals surface area contributed by atoms with E-state index in [-0.39, 0.29) is 17.4 Å². The number of carbonyl (C=O) groups excluding carboxylic acids is 1. The molecule has 1 saturated carbocycles. The van der Waals surface area contributed by atoms with Crippen LogP contribution in [0.15, 0.2) is 24.4 Å². The van der Waals surface area contributed by atoms with E-state index < -0.39 is 0 Å². The summed E-state index contributed by atoms with van der Waals surface area (Å²) in [5, 5.41) is 11.2. The maximum atomic E-state index is 11.5. The van der Waals surface area contributed by atoms with Gasteiger partial charge in [-0.1, -0.05) is 6.07 Å². The van der Waals surface area contributed by atoms with E-state index in [4.69, 9.17) is 10.4 Å². The maximum Gasteiger partial charge on any atom is 0.176 e. The predicted octanol–water partition coefficient (Wildman–Crippen LogP) is 1.90. The van der Waals surface area contributed by atoms with Crippen molar-refractivity contribution < 1.29 is 4.79 Å². The highest BCUT2D eigenvalue weighted by molar-refractivity contribution is 6.39. The molecule has 1 aromatic carbocycles. The third-order valence-corrected chi connectivity index (χ3v) is 4.97. The molecular formula is C18H21N5O.